The molecule has 15 heavy (non-hydrogen) atoms. The highest BCUT2D eigenvalue weighted by Crippen LogP contribution is 2.11. The van der Waals surface area contributed by atoms with Crippen molar-refractivity contribution in [1.29, 1.82) is 0 Å². The van der Waals surface area contributed by atoms with Gasteiger partial charge in [-0.05, 0) is 6.92 Å². The molecule has 5 nitrogen and oxygen atoms in total. The first-order chi connectivity index (χ1) is 7.31. The summed E-state index contributed by atoms with van der Waals surface area (Å²) >= 11 is 5.76. The van der Waals surface area contributed by atoms with E-state index >= 15 is 0 Å². The minimum atomic E-state index is 0.376. The molecule has 2 aromatic rings. The van der Waals surface area contributed by atoms with Crippen LogP contribution >= 0.6 is 11.6 Å². The normalized spacial score (nSPS) is 11.1. The second-order valence-corrected chi connectivity index (χ2v) is 3.35. The summed E-state index contributed by atoms with van der Waals surface area (Å²) < 4.78 is 6.98. The van der Waals surface area contributed by atoms with Gasteiger partial charge in [0, 0.05) is 6.61 Å². The lowest BCUT2D eigenvalue weighted by atomic mass is 10.5. The number of fused-ring (bicyclic) bond motifs is 1. The third-order valence-corrected chi connectivity index (χ3v) is 2.15. The maximum Gasteiger partial charge on any atom is 0.178 e. The van der Waals surface area contributed by atoms with Gasteiger partial charge >= 0.3 is 0 Å². The molecule has 0 aliphatic heterocycles. The topological polar surface area (TPSA) is 52.8 Å². The van der Waals surface area contributed by atoms with Crippen LogP contribution in [0.1, 0.15) is 6.92 Å². The Morgan fingerprint density at radius 3 is 3.13 bits per heavy atom. The fraction of sp³-hybridized carbons (Fsp3) is 0.444. The molecule has 0 radical (unpaired) electrons. The Bertz CT molecular complexity index is 456. The molecular formula is C9H11ClN4O. The molecule has 0 spiro atoms. The lowest BCUT2D eigenvalue weighted by Gasteiger charge is -2.02. The Morgan fingerprint density at radius 1 is 1.47 bits per heavy atom. The largest absolute Gasteiger partial charge is 0.380 e. The molecule has 2 aromatic heterocycles. The third-order valence-electron chi connectivity index (χ3n) is 1.97. The first-order valence-electron chi connectivity index (χ1n) is 4.73. The van der Waals surface area contributed by atoms with Crippen molar-refractivity contribution in [2.45, 2.75) is 13.5 Å². The minimum Gasteiger partial charge on any atom is -0.380 e. The highest BCUT2D eigenvalue weighted by Gasteiger charge is 2.05. The van der Waals surface area contributed by atoms with Gasteiger partial charge in [0.15, 0.2) is 5.65 Å². The molecule has 0 N–H and O–H groups in total. The van der Waals surface area contributed by atoms with E-state index in [1.165, 1.54) is 6.20 Å². The first-order valence-corrected chi connectivity index (χ1v) is 5.11. The first kappa shape index (κ1) is 10.3. The molecule has 80 valence electrons. The number of ether oxygens (including phenoxy) is 1. The predicted molar refractivity (Wildman–Crippen MR) is 56.8 cm³/mol. The highest BCUT2D eigenvalue weighted by atomic mass is 35.5. The molecule has 0 aliphatic carbocycles. The second-order valence-electron chi connectivity index (χ2n) is 2.97. The van der Waals surface area contributed by atoms with Gasteiger partial charge in [-0.1, -0.05) is 11.6 Å². The Morgan fingerprint density at radius 2 is 2.33 bits per heavy atom. The van der Waals surface area contributed by atoms with Gasteiger partial charge in [-0.15, -0.1) is 0 Å². The Balaban J connectivity index is 2.23. The van der Waals surface area contributed by atoms with Crippen LogP contribution in [0.15, 0.2) is 12.4 Å². The molecule has 0 saturated carbocycles. The maximum absolute atomic E-state index is 5.76. The molecule has 0 amide bonds. The van der Waals surface area contributed by atoms with Gasteiger partial charge in [-0.2, -0.15) is 5.10 Å². The van der Waals surface area contributed by atoms with E-state index in [1.807, 2.05) is 6.92 Å². The zero-order valence-electron chi connectivity index (χ0n) is 8.35. The monoisotopic (exact) mass is 226 g/mol. The van der Waals surface area contributed by atoms with Gasteiger partial charge in [-0.3, -0.25) is 0 Å². The van der Waals surface area contributed by atoms with Crippen molar-refractivity contribution in [2.75, 3.05) is 13.2 Å². The van der Waals surface area contributed by atoms with E-state index in [0.717, 1.165) is 5.52 Å². The van der Waals surface area contributed by atoms with Crippen LogP contribution in [0.5, 0.6) is 0 Å². The van der Waals surface area contributed by atoms with E-state index in [-0.39, 0.29) is 0 Å². The Kier molecular flexibility index (Phi) is 3.13. The number of rotatable bonds is 4. The summed E-state index contributed by atoms with van der Waals surface area (Å²) in [6, 6.07) is 0. The van der Waals surface area contributed by atoms with Crippen molar-refractivity contribution >= 4 is 22.8 Å². The molecule has 2 heterocycles. The number of nitrogens with zero attached hydrogens (tertiary/aromatic N) is 4. The Labute approximate surface area is 92.0 Å². The van der Waals surface area contributed by atoms with Gasteiger partial charge < -0.3 is 4.74 Å². The molecule has 0 unspecified atom stereocenters. The van der Waals surface area contributed by atoms with E-state index in [9.17, 15) is 0 Å². The van der Waals surface area contributed by atoms with Crippen molar-refractivity contribution in [3.05, 3.63) is 17.5 Å². The van der Waals surface area contributed by atoms with Crippen LogP contribution in [0.3, 0.4) is 0 Å². The molecule has 0 aliphatic rings. The van der Waals surface area contributed by atoms with E-state index in [2.05, 4.69) is 15.1 Å². The third kappa shape index (κ3) is 2.24. The molecular weight excluding hydrogens is 216 g/mol. The van der Waals surface area contributed by atoms with E-state index in [1.54, 1.807) is 10.9 Å². The van der Waals surface area contributed by atoms with Crippen LogP contribution in [0, 0.1) is 0 Å². The lowest BCUT2D eigenvalue weighted by Crippen LogP contribution is -2.07. The van der Waals surface area contributed by atoms with Crippen LogP contribution in [-0.4, -0.2) is 33.0 Å². The second kappa shape index (κ2) is 4.55. The summed E-state index contributed by atoms with van der Waals surface area (Å²) in [4.78, 5) is 8.27. The van der Waals surface area contributed by atoms with Gasteiger partial charge in [0.25, 0.3) is 0 Å². The molecule has 0 saturated heterocycles. The minimum absolute atomic E-state index is 0.376. The van der Waals surface area contributed by atoms with Crippen molar-refractivity contribution in [2.24, 2.45) is 0 Å². The summed E-state index contributed by atoms with van der Waals surface area (Å²) in [5.74, 6) is 0. The fourth-order valence-corrected chi connectivity index (χ4v) is 1.42. The zero-order valence-corrected chi connectivity index (χ0v) is 9.11. The summed E-state index contributed by atoms with van der Waals surface area (Å²) in [6.45, 7) is 3.93. The SMILES string of the molecule is CCOCCn1ncc2ncc(Cl)nc21. The summed E-state index contributed by atoms with van der Waals surface area (Å²) in [6.07, 6.45) is 3.18. The molecule has 6 heteroatoms. The molecule has 0 aromatic carbocycles. The Hall–Kier alpha value is -1.20. The van der Waals surface area contributed by atoms with E-state index in [0.29, 0.717) is 30.6 Å². The highest BCUT2D eigenvalue weighted by molar-refractivity contribution is 6.29. The van der Waals surface area contributed by atoms with Crippen LogP contribution in [-0.2, 0) is 11.3 Å². The number of halogens is 1. The van der Waals surface area contributed by atoms with Gasteiger partial charge in [0.2, 0.25) is 0 Å². The number of aromatic nitrogens is 4. The van der Waals surface area contributed by atoms with Crippen molar-refractivity contribution in [1.82, 2.24) is 19.7 Å². The average molecular weight is 227 g/mol. The zero-order chi connectivity index (χ0) is 10.7. The van der Waals surface area contributed by atoms with Crippen LogP contribution in [0.4, 0.5) is 0 Å². The lowest BCUT2D eigenvalue weighted by molar-refractivity contribution is 0.137. The predicted octanol–water partition coefficient (Wildman–Crippen LogP) is 1.52. The summed E-state index contributed by atoms with van der Waals surface area (Å²) in [7, 11) is 0. The quantitative estimate of drug-likeness (QED) is 0.742. The van der Waals surface area contributed by atoms with Crippen LogP contribution in [0.25, 0.3) is 11.2 Å². The van der Waals surface area contributed by atoms with Crippen LogP contribution < -0.4 is 0 Å². The molecule has 0 atom stereocenters. The number of hydrogen-bond acceptors (Lipinski definition) is 4. The summed E-state index contributed by atoms with van der Waals surface area (Å²) in [5.41, 5.74) is 1.44. The number of hydrogen-bond donors (Lipinski definition) is 0. The molecule has 0 fully saturated rings. The summed E-state index contributed by atoms with van der Waals surface area (Å²) in [5, 5.41) is 4.54. The fourth-order valence-electron chi connectivity index (χ4n) is 1.29. The van der Waals surface area contributed by atoms with E-state index < -0.39 is 0 Å². The van der Waals surface area contributed by atoms with Gasteiger partial charge in [0.1, 0.15) is 10.7 Å². The van der Waals surface area contributed by atoms with E-state index in [4.69, 9.17) is 16.3 Å². The smallest absolute Gasteiger partial charge is 0.178 e. The molecule has 0 bridgehead atoms. The maximum atomic E-state index is 5.76. The van der Waals surface area contributed by atoms with Gasteiger partial charge in [-0.25, -0.2) is 14.6 Å². The van der Waals surface area contributed by atoms with Crippen molar-refractivity contribution in [3.63, 3.8) is 0 Å². The van der Waals surface area contributed by atoms with Crippen molar-refractivity contribution < 1.29 is 4.74 Å². The standard InChI is InChI=1S/C9H11ClN4O/c1-2-15-4-3-14-9-7(5-12-14)11-6-8(10)13-9/h5-6H,2-4H2,1H3. The van der Waals surface area contributed by atoms with Crippen molar-refractivity contribution in [3.8, 4) is 0 Å². The average Bonchev–Trinajstić information content (AvgIpc) is 2.62. The van der Waals surface area contributed by atoms with Crippen LogP contribution in [0.2, 0.25) is 5.15 Å². The van der Waals surface area contributed by atoms with Gasteiger partial charge in [0.05, 0.1) is 25.5 Å². The molecule has 2 rings (SSSR count).